The molecule has 0 saturated carbocycles. The van der Waals surface area contributed by atoms with Crippen LogP contribution in [0.5, 0.6) is 0 Å². The van der Waals surface area contributed by atoms with Crippen LogP contribution >= 0.6 is 0 Å². The topological polar surface area (TPSA) is 57.0 Å². The molecule has 1 atom stereocenters. The van der Waals surface area contributed by atoms with Crippen molar-refractivity contribution in [2.45, 2.75) is 32.7 Å². The van der Waals surface area contributed by atoms with Crippen LogP contribution in [0.15, 0.2) is 40.8 Å². The van der Waals surface area contributed by atoms with Gasteiger partial charge in [0.2, 0.25) is 0 Å². The van der Waals surface area contributed by atoms with Gasteiger partial charge in [-0.15, -0.1) is 0 Å². The highest BCUT2D eigenvalue weighted by molar-refractivity contribution is 5.76. The Hall–Kier alpha value is -2.07. The first-order valence-electron chi connectivity index (χ1n) is 7.46. The molecule has 2 N–H and O–H groups in total. The van der Waals surface area contributed by atoms with E-state index in [9.17, 15) is 0 Å². The number of hydrogen-bond acceptors (Lipinski definition) is 3. The Morgan fingerprint density at radius 3 is 2.71 bits per heavy atom. The maximum absolute atomic E-state index is 6.05. The summed E-state index contributed by atoms with van der Waals surface area (Å²) < 4.78 is 8.05. The molecule has 3 rings (SSSR count). The van der Waals surface area contributed by atoms with Crippen molar-refractivity contribution in [2.24, 2.45) is 5.73 Å². The maximum Gasteiger partial charge on any atom is 0.128 e. The largest absolute Gasteiger partial charge is 0.464 e. The van der Waals surface area contributed by atoms with Gasteiger partial charge >= 0.3 is 0 Å². The second-order valence-electron chi connectivity index (χ2n) is 5.34. The molecule has 2 aromatic heterocycles. The summed E-state index contributed by atoms with van der Waals surface area (Å²) in [6.45, 7) is 4.61. The number of imidazole rings is 1. The van der Waals surface area contributed by atoms with Crippen LogP contribution in [0.2, 0.25) is 0 Å². The molecule has 0 aliphatic carbocycles. The predicted octanol–water partition coefficient (Wildman–Crippen LogP) is 3.44. The SMILES string of the molecule is CCCc1nc2ccccc2n1C(CN)c1ccc(C)o1. The van der Waals surface area contributed by atoms with Crippen molar-refractivity contribution in [2.75, 3.05) is 6.54 Å². The van der Waals surface area contributed by atoms with Gasteiger partial charge in [0.15, 0.2) is 0 Å². The minimum atomic E-state index is -0.00681. The van der Waals surface area contributed by atoms with Crippen molar-refractivity contribution in [3.05, 3.63) is 53.7 Å². The number of hydrogen-bond donors (Lipinski definition) is 1. The number of nitrogens with zero attached hydrogens (tertiary/aromatic N) is 2. The first kappa shape index (κ1) is 13.9. The normalized spacial score (nSPS) is 12.9. The van der Waals surface area contributed by atoms with Gasteiger partial charge in [-0.25, -0.2) is 4.98 Å². The Labute approximate surface area is 124 Å². The summed E-state index contributed by atoms with van der Waals surface area (Å²) in [5, 5.41) is 0. The van der Waals surface area contributed by atoms with Crippen LogP contribution in [-0.4, -0.2) is 16.1 Å². The third kappa shape index (κ3) is 2.47. The average molecular weight is 283 g/mol. The highest BCUT2D eigenvalue weighted by atomic mass is 16.3. The van der Waals surface area contributed by atoms with Gasteiger partial charge in [0, 0.05) is 13.0 Å². The summed E-state index contributed by atoms with van der Waals surface area (Å²) in [7, 11) is 0. The molecular weight excluding hydrogens is 262 g/mol. The van der Waals surface area contributed by atoms with E-state index >= 15 is 0 Å². The molecule has 21 heavy (non-hydrogen) atoms. The van der Waals surface area contributed by atoms with Gasteiger partial charge in [0.05, 0.1) is 11.0 Å². The summed E-state index contributed by atoms with van der Waals surface area (Å²) >= 11 is 0. The lowest BCUT2D eigenvalue weighted by molar-refractivity contribution is 0.415. The van der Waals surface area contributed by atoms with Gasteiger partial charge in [-0.3, -0.25) is 0 Å². The summed E-state index contributed by atoms with van der Waals surface area (Å²) in [4.78, 5) is 4.77. The molecule has 0 saturated heterocycles. The Morgan fingerprint density at radius 1 is 1.24 bits per heavy atom. The predicted molar refractivity (Wildman–Crippen MR) is 84.4 cm³/mol. The van der Waals surface area contributed by atoms with E-state index in [4.69, 9.17) is 15.1 Å². The highest BCUT2D eigenvalue weighted by Gasteiger charge is 2.21. The van der Waals surface area contributed by atoms with E-state index < -0.39 is 0 Å². The molecule has 0 radical (unpaired) electrons. The molecule has 0 amide bonds. The molecule has 0 aliphatic heterocycles. The fraction of sp³-hybridized carbons (Fsp3) is 0.353. The zero-order valence-corrected chi connectivity index (χ0v) is 12.5. The summed E-state index contributed by atoms with van der Waals surface area (Å²) in [5.74, 6) is 2.88. The van der Waals surface area contributed by atoms with Crippen LogP contribution in [0.25, 0.3) is 11.0 Å². The van der Waals surface area contributed by atoms with Crippen LogP contribution in [0.4, 0.5) is 0 Å². The molecule has 110 valence electrons. The van der Waals surface area contributed by atoms with E-state index in [0.717, 1.165) is 41.2 Å². The van der Waals surface area contributed by atoms with Crippen LogP contribution in [0.3, 0.4) is 0 Å². The fourth-order valence-electron chi connectivity index (χ4n) is 2.82. The highest BCUT2D eigenvalue weighted by Crippen LogP contribution is 2.27. The van der Waals surface area contributed by atoms with Crippen LogP contribution in [-0.2, 0) is 6.42 Å². The number of aromatic nitrogens is 2. The van der Waals surface area contributed by atoms with Crippen molar-refractivity contribution in [1.82, 2.24) is 9.55 Å². The molecule has 0 bridgehead atoms. The standard InChI is InChI=1S/C17H21N3O/c1-3-6-17-19-13-7-4-5-8-14(13)20(17)15(11-18)16-10-9-12(2)21-16/h4-5,7-10,15H,3,6,11,18H2,1-2H3. The van der Waals surface area contributed by atoms with E-state index in [1.54, 1.807) is 0 Å². The number of para-hydroxylation sites is 2. The van der Waals surface area contributed by atoms with E-state index in [0.29, 0.717) is 6.54 Å². The Morgan fingerprint density at radius 2 is 2.05 bits per heavy atom. The smallest absolute Gasteiger partial charge is 0.128 e. The first-order chi connectivity index (χ1) is 10.2. The molecule has 2 heterocycles. The fourth-order valence-corrected chi connectivity index (χ4v) is 2.82. The number of furan rings is 1. The molecule has 0 aliphatic rings. The van der Waals surface area contributed by atoms with Crippen molar-refractivity contribution < 1.29 is 4.42 Å². The quantitative estimate of drug-likeness (QED) is 0.780. The van der Waals surface area contributed by atoms with Gasteiger partial charge in [-0.2, -0.15) is 0 Å². The zero-order chi connectivity index (χ0) is 14.8. The third-order valence-corrected chi connectivity index (χ3v) is 3.77. The molecule has 4 nitrogen and oxygen atoms in total. The zero-order valence-electron chi connectivity index (χ0n) is 12.5. The van der Waals surface area contributed by atoms with Gasteiger partial charge < -0.3 is 14.7 Å². The van der Waals surface area contributed by atoms with Crippen molar-refractivity contribution in [3.63, 3.8) is 0 Å². The molecule has 4 heteroatoms. The monoisotopic (exact) mass is 283 g/mol. The van der Waals surface area contributed by atoms with Gasteiger partial charge in [0.25, 0.3) is 0 Å². The van der Waals surface area contributed by atoms with Gasteiger partial charge in [0.1, 0.15) is 23.4 Å². The molecule has 1 aromatic carbocycles. The second-order valence-corrected chi connectivity index (χ2v) is 5.34. The Bertz CT molecular complexity index is 741. The minimum absolute atomic E-state index is 0.00681. The average Bonchev–Trinajstić information content (AvgIpc) is 3.06. The minimum Gasteiger partial charge on any atom is -0.464 e. The Balaban J connectivity index is 2.18. The number of fused-ring (bicyclic) bond motifs is 1. The van der Waals surface area contributed by atoms with Crippen LogP contribution in [0, 0.1) is 6.92 Å². The van der Waals surface area contributed by atoms with Crippen LogP contribution < -0.4 is 5.73 Å². The van der Waals surface area contributed by atoms with Gasteiger partial charge in [-0.1, -0.05) is 19.1 Å². The number of benzene rings is 1. The molecule has 3 aromatic rings. The third-order valence-electron chi connectivity index (χ3n) is 3.77. The second kappa shape index (κ2) is 5.74. The summed E-state index contributed by atoms with van der Waals surface area (Å²) in [6, 6.07) is 12.2. The summed E-state index contributed by atoms with van der Waals surface area (Å²) in [5.41, 5.74) is 8.19. The number of rotatable bonds is 5. The van der Waals surface area contributed by atoms with E-state index in [1.165, 1.54) is 0 Å². The molecule has 0 spiro atoms. The Kier molecular flexibility index (Phi) is 3.80. The lowest BCUT2D eigenvalue weighted by Gasteiger charge is -2.18. The number of aryl methyl sites for hydroxylation is 2. The molecular formula is C17H21N3O. The molecule has 0 fully saturated rings. The first-order valence-corrected chi connectivity index (χ1v) is 7.46. The van der Waals surface area contributed by atoms with Crippen molar-refractivity contribution >= 4 is 11.0 Å². The lowest BCUT2D eigenvalue weighted by atomic mass is 10.2. The molecule has 1 unspecified atom stereocenters. The van der Waals surface area contributed by atoms with Crippen molar-refractivity contribution in [1.29, 1.82) is 0 Å². The van der Waals surface area contributed by atoms with E-state index in [1.807, 2.05) is 37.3 Å². The van der Waals surface area contributed by atoms with E-state index in [2.05, 4.69) is 17.6 Å². The number of nitrogens with two attached hydrogens (primary N) is 1. The van der Waals surface area contributed by atoms with Crippen molar-refractivity contribution in [3.8, 4) is 0 Å². The van der Waals surface area contributed by atoms with Gasteiger partial charge in [-0.05, 0) is 37.6 Å². The van der Waals surface area contributed by atoms with Crippen LogP contribution in [0.1, 0.15) is 36.7 Å². The summed E-state index contributed by atoms with van der Waals surface area (Å²) in [6.07, 6.45) is 1.99. The maximum atomic E-state index is 6.05. The van der Waals surface area contributed by atoms with E-state index in [-0.39, 0.29) is 6.04 Å². The lowest BCUT2D eigenvalue weighted by Crippen LogP contribution is -2.22.